The van der Waals surface area contributed by atoms with Gasteiger partial charge < -0.3 is 24.4 Å². The molecule has 0 amide bonds. The van der Waals surface area contributed by atoms with Crippen molar-refractivity contribution in [2.24, 2.45) is 0 Å². The maximum Gasteiger partial charge on any atom is 0.355 e. The summed E-state index contributed by atoms with van der Waals surface area (Å²) in [7, 11) is 1.17. The Bertz CT molecular complexity index is 613. The molecule has 108 valence electrons. The van der Waals surface area contributed by atoms with Crippen molar-refractivity contribution < 1.29 is 29.2 Å². The molecule has 0 aliphatic carbocycles. The maximum atomic E-state index is 11.7. The average Bonchev–Trinajstić information content (AvgIpc) is 2.93. The number of esters is 1. The predicted octanol–water partition coefficient (Wildman–Crippen LogP) is -1.96. The first kappa shape index (κ1) is 13.0. The summed E-state index contributed by atoms with van der Waals surface area (Å²) < 4.78 is 16.6. The van der Waals surface area contributed by atoms with Crippen molar-refractivity contribution in [2.45, 2.75) is 24.5 Å². The van der Waals surface area contributed by atoms with Crippen LogP contribution in [-0.2, 0) is 9.47 Å². The van der Waals surface area contributed by atoms with Crippen LogP contribution in [0.3, 0.4) is 0 Å². The highest BCUT2D eigenvalue weighted by molar-refractivity contribution is 5.87. The molecule has 2 aliphatic heterocycles. The van der Waals surface area contributed by atoms with Gasteiger partial charge in [-0.2, -0.15) is 4.98 Å². The largest absolute Gasteiger partial charge is 0.464 e. The lowest BCUT2D eigenvalue weighted by Gasteiger charge is -2.15. The van der Waals surface area contributed by atoms with Crippen molar-refractivity contribution in [2.75, 3.05) is 13.7 Å². The third-order valence-corrected chi connectivity index (χ3v) is 3.31. The van der Waals surface area contributed by atoms with Crippen molar-refractivity contribution in [3.8, 4) is 6.01 Å². The van der Waals surface area contributed by atoms with Gasteiger partial charge in [0.25, 0.3) is 5.56 Å². The molecule has 1 aromatic rings. The summed E-state index contributed by atoms with van der Waals surface area (Å²) in [5, 5.41) is 19.0. The molecule has 0 spiro atoms. The second-order valence-electron chi connectivity index (χ2n) is 4.44. The Labute approximate surface area is 112 Å². The lowest BCUT2D eigenvalue weighted by molar-refractivity contribution is -0.0443. The van der Waals surface area contributed by atoms with Gasteiger partial charge in [0.15, 0.2) is 12.3 Å². The fraction of sp³-hybridized carbons (Fsp3) is 0.545. The molecule has 20 heavy (non-hydrogen) atoms. The van der Waals surface area contributed by atoms with E-state index < -0.39 is 42.7 Å². The van der Waals surface area contributed by atoms with Crippen molar-refractivity contribution in [3.05, 3.63) is 22.1 Å². The van der Waals surface area contributed by atoms with Crippen molar-refractivity contribution in [1.29, 1.82) is 0 Å². The molecule has 3 rings (SSSR count). The maximum absolute atomic E-state index is 11.7. The van der Waals surface area contributed by atoms with Gasteiger partial charge in [-0.05, 0) is 0 Å². The van der Waals surface area contributed by atoms with E-state index in [1.54, 1.807) is 0 Å². The van der Waals surface area contributed by atoms with Crippen molar-refractivity contribution in [3.63, 3.8) is 0 Å². The second-order valence-corrected chi connectivity index (χ2v) is 4.44. The number of hydrogen-bond donors (Lipinski definition) is 2. The summed E-state index contributed by atoms with van der Waals surface area (Å²) in [5.41, 5.74) is -0.745. The molecule has 0 saturated carbocycles. The zero-order valence-corrected chi connectivity index (χ0v) is 10.4. The topological polar surface area (TPSA) is 120 Å². The van der Waals surface area contributed by atoms with E-state index in [0.717, 1.165) is 6.07 Å². The number of aliphatic hydroxyl groups excluding tert-OH is 2. The number of methoxy groups -OCH3 is 1. The first-order valence-corrected chi connectivity index (χ1v) is 5.89. The van der Waals surface area contributed by atoms with Gasteiger partial charge in [0, 0.05) is 6.07 Å². The van der Waals surface area contributed by atoms with Gasteiger partial charge in [-0.1, -0.05) is 0 Å². The van der Waals surface area contributed by atoms with E-state index in [9.17, 15) is 14.7 Å². The van der Waals surface area contributed by atoms with Crippen molar-refractivity contribution >= 4 is 5.97 Å². The minimum atomic E-state index is -1.09. The van der Waals surface area contributed by atoms with Crippen LogP contribution in [-0.4, -0.2) is 57.8 Å². The third-order valence-electron chi connectivity index (χ3n) is 3.31. The fourth-order valence-corrected chi connectivity index (χ4v) is 2.39. The molecule has 1 saturated heterocycles. The van der Waals surface area contributed by atoms with E-state index >= 15 is 0 Å². The first-order chi connectivity index (χ1) is 9.56. The quantitative estimate of drug-likeness (QED) is 0.601. The zero-order valence-electron chi connectivity index (χ0n) is 10.4. The molecule has 2 aliphatic rings. The summed E-state index contributed by atoms with van der Waals surface area (Å²) in [6, 6.07) is 0.881. The standard InChI is InChI=1S/C11H12N2O7/c1-18-10(17)4-2-6(15)12-11-13(4)9-8(20-11)7(16)5(3-14)19-9/h2,5,7-9,14,16H,3H2,1H3/t5-,7?,8-,9?/m1/s1. The van der Waals surface area contributed by atoms with Crippen molar-refractivity contribution in [1.82, 2.24) is 9.55 Å². The SMILES string of the molecule is COC(=O)c1cc(=O)nc2n1C1O[C@H](CO)C(O)[C@H]1O2. The number of carbonyl (C=O) groups excluding carboxylic acids is 1. The van der Waals surface area contributed by atoms with E-state index in [1.807, 2.05) is 0 Å². The number of rotatable bonds is 2. The number of fused-ring (bicyclic) bond motifs is 3. The molecule has 2 N–H and O–H groups in total. The smallest absolute Gasteiger partial charge is 0.355 e. The van der Waals surface area contributed by atoms with Gasteiger partial charge in [-0.3, -0.25) is 9.36 Å². The molecular weight excluding hydrogens is 272 g/mol. The van der Waals surface area contributed by atoms with Gasteiger partial charge in [0.1, 0.15) is 17.9 Å². The lowest BCUT2D eigenvalue weighted by atomic mass is 10.1. The van der Waals surface area contributed by atoms with Gasteiger partial charge in [-0.25, -0.2) is 4.79 Å². The number of aromatic nitrogens is 2. The molecular formula is C11H12N2O7. The summed E-state index contributed by atoms with van der Waals surface area (Å²) in [5.74, 6) is -0.750. The van der Waals surface area contributed by atoms with E-state index in [2.05, 4.69) is 9.72 Å². The lowest BCUT2D eigenvalue weighted by Crippen LogP contribution is -2.34. The van der Waals surface area contributed by atoms with Crippen LogP contribution in [0.5, 0.6) is 6.01 Å². The van der Waals surface area contributed by atoms with Crippen LogP contribution in [0.4, 0.5) is 0 Å². The van der Waals surface area contributed by atoms with E-state index in [1.165, 1.54) is 11.7 Å². The zero-order chi connectivity index (χ0) is 14.4. The Kier molecular flexibility index (Phi) is 2.96. The minimum absolute atomic E-state index is 0.0826. The number of hydrogen-bond acceptors (Lipinski definition) is 8. The number of aliphatic hydroxyl groups is 2. The fourth-order valence-electron chi connectivity index (χ4n) is 2.39. The summed E-state index contributed by atoms with van der Waals surface area (Å²) in [6.45, 7) is -0.395. The highest BCUT2D eigenvalue weighted by Crippen LogP contribution is 2.39. The van der Waals surface area contributed by atoms with Crippen LogP contribution in [0.25, 0.3) is 0 Å². The summed E-state index contributed by atoms with van der Waals surface area (Å²) in [4.78, 5) is 26.8. The second kappa shape index (κ2) is 4.54. The molecule has 0 bridgehead atoms. The number of nitrogens with zero attached hydrogens (tertiary/aromatic N) is 2. The normalized spacial score (nSPS) is 30.6. The Balaban J connectivity index is 2.09. The summed E-state index contributed by atoms with van der Waals surface area (Å²) in [6.07, 6.45) is -3.61. The molecule has 9 nitrogen and oxygen atoms in total. The Morgan fingerprint density at radius 1 is 1.60 bits per heavy atom. The highest BCUT2D eigenvalue weighted by Gasteiger charge is 2.52. The molecule has 2 unspecified atom stereocenters. The minimum Gasteiger partial charge on any atom is -0.464 e. The molecule has 0 aromatic carbocycles. The Morgan fingerprint density at radius 3 is 3.00 bits per heavy atom. The molecule has 3 heterocycles. The van der Waals surface area contributed by atoms with Crippen LogP contribution < -0.4 is 10.3 Å². The van der Waals surface area contributed by atoms with E-state index in [-0.39, 0.29) is 11.7 Å². The third kappa shape index (κ3) is 1.71. The van der Waals surface area contributed by atoms with Gasteiger partial charge >= 0.3 is 12.0 Å². The monoisotopic (exact) mass is 284 g/mol. The van der Waals surface area contributed by atoms with Gasteiger partial charge in [-0.15, -0.1) is 0 Å². The van der Waals surface area contributed by atoms with Crippen LogP contribution in [0.1, 0.15) is 16.7 Å². The Morgan fingerprint density at radius 2 is 2.35 bits per heavy atom. The molecule has 9 heteroatoms. The average molecular weight is 284 g/mol. The Hall–Kier alpha value is -1.97. The van der Waals surface area contributed by atoms with Crippen LogP contribution >= 0.6 is 0 Å². The van der Waals surface area contributed by atoms with Gasteiger partial charge in [0.05, 0.1) is 13.7 Å². The molecule has 1 fully saturated rings. The predicted molar refractivity (Wildman–Crippen MR) is 61.3 cm³/mol. The molecule has 1 aromatic heterocycles. The van der Waals surface area contributed by atoms with Gasteiger partial charge in [0.2, 0.25) is 0 Å². The molecule has 4 atom stereocenters. The van der Waals surface area contributed by atoms with Crippen LogP contribution in [0, 0.1) is 0 Å². The highest BCUT2D eigenvalue weighted by atomic mass is 16.6. The van der Waals surface area contributed by atoms with Crippen LogP contribution in [0.2, 0.25) is 0 Å². The number of ether oxygens (including phenoxy) is 3. The first-order valence-electron chi connectivity index (χ1n) is 5.89. The van der Waals surface area contributed by atoms with Crippen LogP contribution in [0.15, 0.2) is 10.9 Å². The molecule has 0 radical (unpaired) electrons. The van der Waals surface area contributed by atoms with E-state index in [0.29, 0.717) is 0 Å². The summed E-state index contributed by atoms with van der Waals surface area (Å²) >= 11 is 0. The van der Waals surface area contributed by atoms with E-state index in [4.69, 9.17) is 14.6 Å². The number of carbonyl (C=O) groups is 1.